The summed E-state index contributed by atoms with van der Waals surface area (Å²) in [6.07, 6.45) is 8.99. The molecule has 0 atom stereocenters. The summed E-state index contributed by atoms with van der Waals surface area (Å²) in [4.78, 5) is 4.93. The van der Waals surface area contributed by atoms with Crippen molar-refractivity contribution in [2.75, 3.05) is 49.1 Å². The van der Waals surface area contributed by atoms with E-state index in [0.29, 0.717) is 0 Å². The van der Waals surface area contributed by atoms with E-state index in [2.05, 4.69) is 70.6 Å². The van der Waals surface area contributed by atoms with E-state index in [9.17, 15) is 0 Å². The van der Waals surface area contributed by atoms with Crippen molar-refractivity contribution in [1.82, 2.24) is 5.32 Å². The molecule has 2 aromatic carbocycles. The molecule has 4 heteroatoms. The zero-order valence-electron chi connectivity index (χ0n) is 19.5. The van der Waals surface area contributed by atoms with E-state index in [1.807, 2.05) is 0 Å². The Bertz CT molecular complexity index is 714. The standard InChI is InChI=1S/C16H27N3.C11H15N/c17-10-2-1-3-11-18-14-15-6-8-16(9-7-15)19-12-4-5-13-19;1-10-4-6-11(7-5-10)12-8-2-3-9-12/h6-9,18H,1-5,10-14,17H2;4-7H,2-3,8-9H2,1H3. The molecule has 0 bridgehead atoms. The van der Waals surface area contributed by atoms with Crippen molar-refractivity contribution in [3.8, 4) is 0 Å². The monoisotopic (exact) mass is 422 g/mol. The van der Waals surface area contributed by atoms with Crippen molar-refractivity contribution in [2.45, 2.75) is 58.4 Å². The number of hydrogen-bond acceptors (Lipinski definition) is 4. The van der Waals surface area contributed by atoms with Gasteiger partial charge in [0.25, 0.3) is 0 Å². The Morgan fingerprint density at radius 1 is 0.710 bits per heavy atom. The summed E-state index contributed by atoms with van der Waals surface area (Å²) < 4.78 is 0. The molecular weight excluding hydrogens is 380 g/mol. The van der Waals surface area contributed by atoms with Crippen molar-refractivity contribution >= 4 is 11.4 Å². The number of nitrogens with two attached hydrogens (primary N) is 1. The highest BCUT2D eigenvalue weighted by atomic mass is 15.1. The van der Waals surface area contributed by atoms with Gasteiger partial charge in [0.2, 0.25) is 0 Å². The fourth-order valence-corrected chi connectivity index (χ4v) is 4.33. The molecule has 0 saturated carbocycles. The van der Waals surface area contributed by atoms with Gasteiger partial charge in [0, 0.05) is 44.1 Å². The first-order valence-corrected chi connectivity index (χ1v) is 12.3. The molecule has 4 rings (SSSR count). The summed E-state index contributed by atoms with van der Waals surface area (Å²) in [6.45, 7) is 9.94. The highest BCUT2D eigenvalue weighted by molar-refractivity contribution is 5.49. The van der Waals surface area contributed by atoms with Gasteiger partial charge < -0.3 is 20.9 Å². The van der Waals surface area contributed by atoms with Gasteiger partial charge in [-0.25, -0.2) is 0 Å². The molecule has 31 heavy (non-hydrogen) atoms. The maximum atomic E-state index is 5.48. The van der Waals surface area contributed by atoms with E-state index in [1.54, 1.807) is 0 Å². The Hall–Kier alpha value is -2.04. The van der Waals surface area contributed by atoms with Gasteiger partial charge in [-0.1, -0.05) is 36.2 Å². The Kier molecular flexibility index (Phi) is 10.2. The van der Waals surface area contributed by atoms with Crippen LogP contribution in [-0.2, 0) is 6.54 Å². The second kappa shape index (κ2) is 13.4. The van der Waals surface area contributed by atoms with Crippen LogP contribution in [0.15, 0.2) is 48.5 Å². The van der Waals surface area contributed by atoms with Crippen LogP contribution in [0.2, 0.25) is 0 Å². The molecule has 170 valence electrons. The number of nitrogens with one attached hydrogen (secondary N) is 1. The molecule has 0 radical (unpaired) electrons. The second-order valence-electron chi connectivity index (χ2n) is 8.92. The molecule has 2 aliphatic heterocycles. The van der Waals surface area contributed by atoms with Gasteiger partial charge in [-0.3, -0.25) is 0 Å². The van der Waals surface area contributed by atoms with E-state index in [-0.39, 0.29) is 0 Å². The van der Waals surface area contributed by atoms with Crippen molar-refractivity contribution < 1.29 is 0 Å². The van der Waals surface area contributed by atoms with Crippen LogP contribution in [0.25, 0.3) is 0 Å². The summed E-state index contributed by atoms with van der Waals surface area (Å²) >= 11 is 0. The van der Waals surface area contributed by atoms with Crippen LogP contribution < -0.4 is 20.9 Å². The lowest BCUT2D eigenvalue weighted by Crippen LogP contribution is -2.18. The Morgan fingerprint density at radius 3 is 1.74 bits per heavy atom. The van der Waals surface area contributed by atoms with Crippen LogP contribution in [-0.4, -0.2) is 39.3 Å². The van der Waals surface area contributed by atoms with E-state index in [0.717, 1.165) is 26.1 Å². The Morgan fingerprint density at radius 2 is 1.23 bits per heavy atom. The normalized spacial score (nSPS) is 15.8. The average molecular weight is 423 g/mol. The number of benzene rings is 2. The quantitative estimate of drug-likeness (QED) is 0.552. The van der Waals surface area contributed by atoms with Gasteiger partial charge in [0.15, 0.2) is 0 Å². The predicted molar refractivity (Wildman–Crippen MR) is 135 cm³/mol. The molecule has 4 nitrogen and oxygen atoms in total. The number of unbranched alkanes of at least 4 members (excludes halogenated alkanes) is 2. The summed E-state index contributed by atoms with van der Waals surface area (Å²) in [5, 5.41) is 3.50. The van der Waals surface area contributed by atoms with Crippen LogP contribution in [0.1, 0.15) is 56.1 Å². The summed E-state index contributed by atoms with van der Waals surface area (Å²) in [5.74, 6) is 0. The summed E-state index contributed by atoms with van der Waals surface area (Å²) in [7, 11) is 0. The lowest BCUT2D eigenvalue weighted by Gasteiger charge is -2.17. The molecule has 0 spiro atoms. The van der Waals surface area contributed by atoms with Crippen molar-refractivity contribution in [1.29, 1.82) is 0 Å². The minimum atomic E-state index is 0.817. The van der Waals surface area contributed by atoms with Crippen LogP contribution in [0, 0.1) is 6.92 Å². The third-order valence-corrected chi connectivity index (χ3v) is 6.30. The molecule has 0 unspecified atom stereocenters. The van der Waals surface area contributed by atoms with Gasteiger partial charge in [-0.05, 0) is 88.4 Å². The van der Waals surface area contributed by atoms with E-state index in [4.69, 9.17) is 5.73 Å². The first-order chi connectivity index (χ1) is 15.3. The van der Waals surface area contributed by atoms with Crippen LogP contribution in [0.3, 0.4) is 0 Å². The third-order valence-electron chi connectivity index (χ3n) is 6.30. The van der Waals surface area contributed by atoms with Gasteiger partial charge >= 0.3 is 0 Å². The molecule has 2 saturated heterocycles. The van der Waals surface area contributed by atoms with Crippen molar-refractivity contribution in [3.63, 3.8) is 0 Å². The number of hydrogen-bond donors (Lipinski definition) is 2. The summed E-state index contributed by atoms with van der Waals surface area (Å²) in [6, 6.07) is 17.8. The molecule has 2 aliphatic rings. The number of rotatable bonds is 9. The molecule has 0 amide bonds. The number of nitrogens with zero attached hydrogens (tertiary/aromatic N) is 2. The van der Waals surface area contributed by atoms with Crippen LogP contribution >= 0.6 is 0 Å². The molecule has 2 heterocycles. The van der Waals surface area contributed by atoms with E-state index < -0.39 is 0 Å². The highest BCUT2D eigenvalue weighted by Gasteiger charge is 2.12. The largest absolute Gasteiger partial charge is 0.372 e. The minimum Gasteiger partial charge on any atom is -0.372 e. The second-order valence-corrected chi connectivity index (χ2v) is 8.92. The van der Waals surface area contributed by atoms with Crippen molar-refractivity contribution in [3.05, 3.63) is 59.7 Å². The molecular formula is C27H42N4. The zero-order chi connectivity index (χ0) is 21.7. The first-order valence-electron chi connectivity index (χ1n) is 12.3. The fraction of sp³-hybridized carbons (Fsp3) is 0.556. The highest BCUT2D eigenvalue weighted by Crippen LogP contribution is 2.21. The molecule has 3 N–H and O–H groups in total. The average Bonchev–Trinajstić information content (AvgIpc) is 3.52. The SMILES string of the molecule is Cc1ccc(N2CCCC2)cc1.NCCCCCNCc1ccc(N2CCCC2)cc1. The lowest BCUT2D eigenvalue weighted by molar-refractivity contribution is 0.606. The van der Waals surface area contributed by atoms with Crippen molar-refractivity contribution in [2.24, 2.45) is 5.73 Å². The maximum absolute atomic E-state index is 5.48. The maximum Gasteiger partial charge on any atom is 0.0366 e. The van der Waals surface area contributed by atoms with E-state index in [1.165, 1.54) is 87.2 Å². The fourth-order valence-electron chi connectivity index (χ4n) is 4.33. The summed E-state index contributed by atoms with van der Waals surface area (Å²) in [5.41, 5.74) is 11.0. The van der Waals surface area contributed by atoms with E-state index >= 15 is 0 Å². The molecule has 2 aromatic rings. The van der Waals surface area contributed by atoms with Gasteiger partial charge in [0.05, 0.1) is 0 Å². The number of anilines is 2. The third kappa shape index (κ3) is 8.19. The van der Waals surface area contributed by atoms with Gasteiger partial charge in [0.1, 0.15) is 0 Å². The Labute approximate surface area is 189 Å². The Balaban J connectivity index is 0.000000194. The van der Waals surface area contributed by atoms with Crippen LogP contribution in [0.4, 0.5) is 11.4 Å². The van der Waals surface area contributed by atoms with Gasteiger partial charge in [-0.15, -0.1) is 0 Å². The number of aryl methyl sites for hydroxylation is 1. The molecule has 0 aromatic heterocycles. The minimum absolute atomic E-state index is 0.817. The predicted octanol–water partition coefficient (Wildman–Crippen LogP) is 5.10. The zero-order valence-corrected chi connectivity index (χ0v) is 19.5. The lowest BCUT2D eigenvalue weighted by atomic mass is 10.2. The molecule has 0 aliphatic carbocycles. The first kappa shape index (κ1) is 23.6. The smallest absolute Gasteiger partial charge is 0.0366 e. The molecule has 2 fully saturated rings. The van der Waals surface area contributed by atoms with Gasteiger partial charge in [-0.2, -0.15) is 0 Å². The van der Waals surface area contributed by atoms with Crippen LogP contribution in [0.5, 0.6) is 0 Å². The topological polar surface area (TPSA) is 44.5 Å².